The van der Waals surface area contributed by atoms with E-state index in [1.165, 1.54) is 0 Å². The Morgan fingerprint density at radius 1 is 1.29 bits per heavy atom. The molecule has 0 fully saturated rings. The van der Waals surface area contributed by atoms with Crippen LogP contribution in [0.1, 0.15) is 26.3 Å². The van der Waals surface area contributed by atoms with E-state index in [0.717, 1.165) is 10.0 Å². The Kier molecular flexibility index (Phi) is 5.92. The lowest BCUT2D eigenvalue weighted by atomic mass is 9.94. The Hall–Kier alpha value is -1.40. The second-order valence-corrected chi connectivity index (χ2v) is 6.76. The maximum absolute atomic E-state index is 12.0. The number of carboxylic acid groups (broad SMARTS) is 1. The molecule has 0 aliphatic heterocycles. The number of halogens is 1. The van der Waals surface area contributed by atoms with Crippen LogP contribution in [-0.4, -0.2) is 28.7 Å². The average Bonchev–Trinajstić information content (AvgIpc) is 2.29. The lowest BCUT2D eigenvalue weighted by molar-refractivity contribution is -0.167. The number of hydrogen-bond donors (Lipinski definition) is 2. The zero-order chi connectivity index (χ0) is 16.2. The van der Waals surface area contributed by atoms with Crippen molar-refractivity contribution in [2.75, 3.05) is 0 Å². The summed E-state index contributed by atoms with van der Waals surface area (Å²) in [6.07, 6.45) is 0.281. The van der Waals surface area contributed by atoms with Crippen molar-refractivity contribution in [3.8, 4) is 0 Å². The van der Waals surface area contributed by atoms with Gasteiger partial charge in [-0.05, 0) is 44.9 Å². The number of hydrogen-bond acceptors (Lipinski definition) is 4. The molecule has 0 saturated carbocycles. The number of nitrogens with two attached hydrogens (primary N) is 1. The van der Waals surface area contributed by atoms with Crippen LogP contribution < -0.4 is 5.73 Å². The van der Waals surface area contributed by atoms with Gasteiger partial charge < -0.3 is 15.6 Å². The van der Waals surface area contributed by atoms with Crippen LogP contribution in [0.4, 0.5) is 0 Å². The van der Waals surface area contributed by atoms with E-state index in [9.17, 15) is 14.7 Å². The molecule has 1 rings (SSSR count). The summed E-state index contributed by atoms with van der Waals surface area (Å²) in [7, 11) is 0. The van der Waals surface area contributed by atoms with Gasteiger partial charge in [-0.15, -0.1) is 0 Å². The molecule has 0 saturated heterocycles. The molecule has 0 radical (unpaired) electrons. The molecule has 1 aromatic carbocycles. The van der Waals surface area contributed by atoms with Crippen molar-refractivity contribution < 1.29 is 19.4 Å². The van der Waals surface area contributed by atoms with Gasteiger partial charge in [-0.25, -0.2) is 0 Å². The zero-order valence-electron chi connectivity index (χ0n) is 12.3. The summed E-state index contributed by atoms with van der Waals surface area (Å²) >= 11 is 3.32. The molecule has 1 aromatic rings. The molecule has 6 heteroatoms. The SMILES string of the molecule is CC(C)(C)OC(=O)[C@@H](C(=O)O)[C@H](N)Cc1ccc(Br)cc1. The minimum absolute atomic E-state index is 0.281. The fraction of sp³-hybridized carbons (Fsp3) is 0.467. The van der Waals surface area contributed by atoms with Crippen molar-refractivity contribution in [3.63, 3.8) is 0 Å². The van der Waals surface area contributed by atoms with Crippen LogP contribution in [0.2, 0.25) is 0 Å². The van der Waals surface area contributed by atoms with E-state index in [4.69, 9.17) is 10.5 Å². The first-order valence-electron chi connectivity index (χ1n) is 6.56. The molecule has 2 atom stereocenters. The van der Waals surface area contributed by atoms with Crippen molar-refractivity contribution >= 4 is 27.9 Å². The van der Waals surface area contributed by atoms with Gasteiger partial charge in [0.25, 0.3) is 0 Å². The monoisotopic (exact) mass is 357 g/mol. The number of rotatable bonds is 5. The van der Waals surface area contributed by atoms with Crippen molar-refractivity contribution in [2.45, 2.75) is 38.8 Å². The largest absolute Gasteiger partial charge is 0.481 e. The summed E-state index contributed by atoms with van der Waals surface area (Å²) in [5.41, 5.74) is 6.03. The molecule has 0 spiro atoms. The fourth-order valence-electron chi connectivity index (χ4n) is 1.83. The van der Waals surface area contributed by atoms with E-state index < -0.39 is 29.5 Å². The third-order valence-electron chi connectivity index (χ3n) is 2.74. The van der Waals surface area contributed by atoms with Gasteiger partial charge in [0, 0.05) is 10.5 Å². The summed E-state index contributed by atoms with van der Waals surface area (Å²) in [5.74, 6) is -3.46. The van der Waals surface area contributed by atoms with Crippen molar-refractivity contribution in [3.05, 3.63) is 34.3 Å². The molecule has 0 aliphatic carbocycles. The van der Waals surface area contributed by atoms with Crippen molar-refractivity contribution in [1.29, 1.82) is 0 Å². The van der Waals surface area contributed by atoms with E-state index >= 15 is 0 Å². The highest BCUT2D eigenvalue weighted by atomic mass is 79.9. The third kappa shape index (κ3) is 5.85. The normalized spacial score (nSPS) is 14.3. The van der Waals surface area contributed by atoms with Crippen LogP contribution >= 0.6 is 15.9 Å². The van der Waals surface area contributed by atoms with Gasteiger partial charge in [0.1, 0.15) is 5.60 Å². The maximum atomic E-state index is 12.0. The Balaban J connectivity index is 2.82. The highest BCUT2D eigenvalue weighted by molar-refractivity contribution is 9.10. The van der Waals surface area contributed by atoms with E-state index in [1.807, 2.05) is 24.3 Å². The van der Waals surface area contributed by atoms with Gasteiger partial charge in [-0.1, -0.05) is 28.1 Å². The lowest BCUT2D eigenvalue weighted by Gasteiger charge is -2.25. The zero-order valence-corrected chi connectivity index (χ0v) is 13.9. The Bertz CT molecular complexity index is 507. The predicted molar refractivity (Wildman–Crippen MR) is 82.8 cm³/mol. The van der Waals surface area contributed by atoms with Crippen molar-refractivity contribution in [1.82, 2.24) is 0 Å². The average molecular weight is 358 g/mol. The van der Waals surface area contributed by atoms with Gasteiger partial charge in [-0.3, -0.25) is 9.59 Å². The Morgan fingerprint density at radius 3 is 2.24 bits per heavy atom. The number of carbonyl (C=O) groups is 2. The van der Waals surface area contributed by atoms with Crippen LogP contribution in [0, 0.1) is 5.92 Å². The van der Waals surface area contributed by atoms with Crippen LogP contribution in [0.5, 0.6) is 0 Å². The molecule has 0 aliphatic rings. The first-order valence-corrected chi connectivity index (χ1v) is 7.35. The molecule has 3 N–H and O–H groups in total. The molecule has 116 valence electrons. The number of carbonyl (C=O) groups excluding carboxylic acids is 1. The van der Waals surface area contributed by atoms with E-state index in [2.05, 4.69) is 15.9 Å². The Labute approximate surface area is 132 Å². The molecule has 0 aromatic heterocycles. The molecule has 5 nitrogen and oxygen atoms in total. The summed E-state index contributed by atoms with van der Waals surface area (Å²) < 4.78 is 6.05. The van der Waals surface area contributed by atoms with Gasteiger partial charge >= 0.3 is 11.9 Å². The van der Waals surface area contributed by atoms with Gasteiger partial charge in [-0.2, -0.15) is 0 Å². The van der Waals surface area contributed by atoms with Crippen LogP contribution in [-0.2, 0) is 20.7 Å². The van der Waals surface area contributed by atoms with Gasteiger partial charge in [0.05, 0.1) is 0 Å². The van der Waals surface area contributed by atoms with Crippen LogP contribution in [0.15, 0.2) is 28.7 Å². The summed E-state index contributed by atoms with van der Waals surface area (Å²) in [5, 5.41) is 9.24. The van der Waals surface area contributed by atoms with Crippen LogP contribution in [0.25, 0.3) is 0 Å². The molecular formula is C15H20BrNO4. The quantitative estimate of drug-likeness (QED) is 0.623. The number of ether oxygens (including phenoxy) is 1. The smallest absolute Gasteiger partial charge is 0.322 e. The highest BCUT2D eigenvalue weighted by Crippen LogP contribution is 2.17. The summed E-state index contributed by atoms with van der Waals surface area (Å²) in [4.78, 5) is 23.3. The van der Waals surface area contributed by atoms with Crippen molar-refractivity contribution in [2.24, 2.45) is 11.7 Å². The lowest BCUT2D eigenvalue weighted by Crippen LogP contribution is -2.45. The number of benzene rings is 1. The second-order valence-electron chi connectivity index (χ2n) is 5.84. The molecule has 21 heavy (non-hydrogen) atoms. The molecule has 0 heterocycles. The molecule has 0 bridgehead atoms. The molecule has 0 amide bonds. The predicted octanol–water partition coefficient (Wildman–Crippen LogP) is 2.36. The molecular weight excluding hydrogens is 338 g/mol. The minimum atomic E-state index is -1.38. The molecule has 0 unspecified atom stereocenters. The minimum Gasteiger partial charge on any atom is -0.481 e. The topological polar surface area (TPSA) is 89.6 Å². The summed E-state index contributed by atoms with van der Waals surface area (Å²) in [6, 6.07) is 6.49. The third-order valence-corrected chi connectivity index (χ3v) is 3.27. The van der Waals surface area contributed by atoms with E-state index in [1.54, 1.807) is 20.8 Å². The number of aliphatic carboxylic acids is 1. The maximum Gasteiger partial charge on any atom is 0.322 e. The first kappa shape index (κ1) is 17.7. The Morgan fingerprint density at radius 2 is 1.81 bits per heavy atom. The standard InChI is InChI=1S/C15H20BrNO4/c1-15(2,3)21-14(20)12(13(18)19)11(17)8-9-4-6-10(16)7-5-9/h4-7,11-12H,8,17H2,1-3H3,(H,18,19)/t11-,12-/m1/s1. The first-order chi connectivity index (χ1) is 9.60. The van der Waals surface area contributed by atoms with E-state index in [0.29, 0.717) is 0 Å². The van der Waals surface area contributed by atoms with Gasteiger partial charge in [0.2, 0.25) is 0 Å². The van der Waals surface area contributed by atoms with Crippen LogP contribution in [0.3, 0.4) is 0 Å². The highest BCUT2D eigenvalue weighted by Gasteiger charge is 2.36. The van der Waals surface area contributed by atoms with E-state index in [-0.39, 0.29) is 6.42 Å². The summed E-state index contributed by atoms with van der Waals surface area (Å²) in [6.45, 7) is 5.05. The second kappa shape index (κ2) is 7.04. The number of carboxylic acids is 1. The fourth-order valence-corrected chi connectivity index (χ4v) is 2.10. The van der Waals surface area contributed by atoms with Gasteiger partial charge in [0.15, 0.2) is 5.92 Å². The number of esters is 1.